The van der Waals surface area contributed by atoms with Gasteiger partial charge in [-0.15, -0.1) is 0 Å². The molecule has 0 atom stereocenters. The summed E-state index contributed by atoms with van der Waals surface area (Å²) in [5.74, 6) is -0.280. The molecule has 0 aliphatic rings. The number of nitro benzene ring substituents is 1. The van der Waals surface area contributed by atoms with Crippen molar-refractivity contribution in [1.29, 1.82) is 0 Å². The third-order valence-corrected chi connectivity index (χ3v) is 2.78. The maximum absolute atomic E-state index is 13.4. The van der Waals surface area contributed by atoms with Gasteiger partial charge in [-0.1, -0.05) is 36.4 Å². The van der Waals surface area contributed by atoms with Crippen LogP contribution in [-0.2, 0) is 13.1 Å². The first-order valence-corrected chi connectivity index (χ1v) is 5.85. The van der Waals surface area contributed by atoms with Gasteiger partial charge in [0.15, 0.2) is 0 Å². The highest BCUT2D eigenvalue weighted by Crippen LogP contribution is 2.17. The van der Waals surface area contributed by atoms with Gasteiger partial charge < -0.3 is 5.32 Å². The Balaban J connectivity index is 2.00. The van der Waals surface area contributed by atoms with Crippen LogP contribution in [0.3, 0.4) is 0 Å². The monoisotopic (exact) mass is 260 g/mol. The Morgan fingerprint density at radius 2 is 1.58 bits per heavy atom. The molecule has 2 rings (SSSR count). The molecule has 0 saturated heterocycles. The van der Waals surface area contributed by atoms with Gasteiger partial charge in [0.1, 0.15) is 5.82 Å². The van der Waals surface area contributed by atoms with E-state index in [0.29, 0.717) is 24.2 Å². The maximum atomic E-state index is 13.4. The van der Waals surface area contributed by atoms with Crippen molar-refractivity contribution < 1.29 is 9.31 Å². The highest BCUT2D eigenvalue weighted by molar-refractivity contribution is 5.39. The third kappa shape index (κ3) is 3.35. The van der Waals surface area contributed by atoms with Crippen molar-refractivity contribution in [2.24, 2.45) is 0 Å². The van der Waals surface area contributed by atoms with Crippen LogP contribution in [0, 0.1) is 15.9 Å². The molecule has 0 heterocycles. The zero-order valence-electron chi connectivity index (χ0n) is 10.2. The highest BCUT2D eigenvalue weighted by Gasteiger charge is 2.11. The molecule has 0 aromatic heterocycles. The van der Waals surface area contributed by atoms with Crippen LogP contribution in [0.1, 0.15) is 11.1 Å². The van der Waals surface area contributed by atoms with Gasteiger partial charge in [-0.25, -0.2) is 4.39 Å². The number of hydrogen-bond donors (Lipinski definition) is 1. The second kappa shape index (κ2) is 6.06. The molecule has 98 valence electrons. The van der Waals surface area contributed by atoms with Gasteiger partial charge in [-0.05, 0) is 6.07 Å². The molecule has 0 amide bonds. The predicted molar refractivity (Wildman–Crippen MR) is 70.0 cm³/mol. The molecule has 0 aliphatic heterocycles. The van der Waals surface area contributed by atoms with E-state index in [1.54, 1.807) is 36.4 Å². The van der Waals surface area contributed by atoms with Crippen LogP contribution in [0.2, 0.25) is 0 Å². The van der Waals surface area contributed by atoms with Gasteiger partial charge in [0.2, 0.25) is 0 Å². The smallest absolute Gasteiger partial charge is 0.273 e. The van der Waals surface area contributed by atoms with E-state index < -0.39 is 4.92 Å². The SMILES string of the molecule is O=[N+]([O-])c1ccccc1CNCc1ccccc1F. The zero-order valence-corrected chi connectivity index (χ0v) is 10.2. The molecule has 4 nitrogen and oxygen atoms in total. The Morgan fingerprint density at radius 3 is 2.26 bits per heavy atom. The summed E-state index contributed by atoms with van der Waals surface area (Å²) in [6, 6.07) is 13.0. The number of para-hydroxylation sites is 1. The average molecular weight is 260 g/mol. The van der Waals surface area contributed by atoms with Crippen LogP contribution in [-0.4, -0.2) is 4.92 Å². The van der Waals surface area contributed by atoms with Crippen LogP contribution in [0.25, 0.3) is 0 Å². The number of hydrogen-bond acceptors (Lipinski definition) is 3. The van der Waals surface area contributed by atoms with Gasteiger partial charge in [0.05, 0.1) is 4.92 Å². The number of nitro groups is 1. The number of halogens is 1. The van der Waals surface area contributed by atoms with E-state index in [9.17, 15) is 14.5 Å². The van der Waals surface area contributed by atoms with Crippen molar-refractivity contribution in [2.75, 3.05) is 0 Å². The van der Waals surface area contributed by atoms with Gasteiger partial charge in [-0.3, -0.25) is 10.1 Å². The third-order valence-electron chi connectivity index (χ3n) is 2.78. The Labute approximate surface area is 110 Å². The fourth-order valence-corrected chi connectivity index (χ4v) is 1.81. The summed E-state index contributed by atoms with van der Waals surface area (Å²) in [7, 11) is 0. The minimum absolute atomic E-state index is 0.0727. The second-order valence-corrected chi connectivity index (χ2v) is 4.08. The number of benzene rings is 2. The summed E-state index contributed by atoms with van der Waals surface area (Å²) >= 11 is 0. The topological polar surface area (TPSA) is 55.2 Å². The van der Waals surface area contributed by atoms with E-state index in [4.69, 9.17) is 0 Å². The second-order valence-electron chi connectivity index (χ2n) is 4.08. The first-order valence-electron chi connectivity index (χ1n) is 5.85. The highest BCUT2D eigenvalue weighted by atomic mass is 19.1. The molecule has 2 aromatic carbocycles. The van der Waals surface area contributed by atoms with E-state index in [0.717, 1.165) is 0 Å². The molecule has 1 N–H and O–H groups in total. The normalized spacial score (nSPS) is 10.4. The first kappa shape index (κ1) is 13.2. The van der Waals surface area contributed by atoms with Crippen LogP contribution in [0.5, 0.6) is 0 Å². The summed E-state index contributed by atoms with van der Waals surface area (Å²) in [5.41, 5.74) is 1.20. The molecule has 0 unspecified atom stereocenters. The number of nitrogens with one attached hydrogen (secondary N) is 1. The van der Waals surface area contributed by atoms with Crippen LogP contribution < -0.4 is 5.32 Å². The zero-order chi connectivity index (χ0) is 13.7. The molecular formula is C14H13FN2O2. The lowest BCUT2D eigenvalue weighted by Crippen LogP contribution is -2.14. The largest absolute Gasteiger partial charge is 0.308 e. The molecule has 2 aromatic rings. The summed E-state index contributed by atoms with van der Waals surface area (Å²) in [4.78, 5) is 10.4. The standard InChI is InChI=1S/C14H13FN2O2/c15-13-7-3-1-5-11(13)9-16-10-12-6-2-4-8-14(12)17(18)19/h1-8,16H,9-10H2. The summed E-state index contributed by atoms with van der Waals surface area (Å²) < 4.78 is 13.4. The summed E-state index contributed by atoms with van der Waals surface area (Å²) in [6.07, 6.45) is 0. The molecule has 0 aliphatic carbocycles. The van der Waals surface area contributed by atoms with E-state index in [1.165, 1.54) is 12.1 Å². The van der Waals surface area contributed by atoms with Crippen molar-refractivity contribution in [3.05, 3.63) is 75.6 Å². The molecule has 0 bridgehead atoms. The average Bonchev–Trinajstić information content (AvgIpc) is 2.41. The first-order chi connectivity index (χ1) is 9.18. The van der Waals surface area contributed by atoms with E-state index in [1.807, 2.05) is 0 Å². The Kier molecular flexibility index (Phi) is 4.20. The minimum Gasteiger partial charge on any atom is -0.308 e. The lowest BCUT2D eigenvalue weighted by Gasteiger charge is -2.06. The van der Waals surface area contributed by atoms with Crippen molar-refractivity contribution in [2.45, 2.75) is 13.1 Å². The van der Waals surface area contributed by atoms with Crippen LogP contribution >= 0.6 is 0 Å². The van der Waals surface area contributed by atoms with Crippen LogP contribution in [0.15, 0.2) is 48.5 Å². The van der Waals surface area contributed by atoms with E-state index >= 15 is 0 Å². The fraction of sp³-hybridized carbons (Fsp3) is 0.143. The van der Waals surface area contributed by atoms with Gasteiger partial charge in [0, 0.05) is 30.3 Å². The lowest BCUT2D eigenvalue weighted by atomic mass is 10.1. The van der Waals surface area contributed by atoms with Crippen LogP contribution in [0.4, 0.5) is 10.1 Å². The summed E-state index contributed by atoms with van der Waals surface area (Å²) in [5, 5.41) is 13.8. The molecule has 19 heavy (non-hydrogen) atoms. The Morgan fingerprint density at radius 1 is 1.00 bits per heavy atom. The fourth-order valence-electron chi connectivity index (χ4n) is 1.81. The molecule has 0 fully saturated rings. The Bertz CT molecular complexity index is 587. The predicted octanol–water partition coefficient (Wildman–Crippen LogP) is 3.02. The number of rotatable bonds is 5. The Hall–Kier alpha value is -2.27. The van der Waals surface area contributed by atoms with E-state index in [2.05, 4.69) is 5.32 Å². The molecule has 0 saturated carbocycles. The minimum atomic E-state index is -0.417. The maximum Gasteiger partial charge on any atom is 0.273 e. The van der Waals surface area contributed by atoms with Crippen molar-refractivity contribution in [1.82, 2.24) is 5.32 Å². The van der Waals surface area contributed by atoms with Gasteiger partial charge in [0.25, 0.3) is 5.69 Å². The van der Waals surface area contributed by atoms with E-state index in [-0.39, 0.29) is 11.5 Å². The van der Waals surface area contributed by atoms with Gasteiger partial charge in [-0.2, -0.15) is 0 Å². The summed E-state index contributed by atoms with van der Waals surface area (Å²) in [6.45, 7) is 0.657. The number of nitrogens with zero attached hydrogens (tertiary/aromatic N) is 1. The van der Waals surface area contributed by atoms with Crippen molar-refractivity contribution in [3.63, 3.8) is 0 Å². The van der Waals surface area contributed by atoms with Gasteiger partial charge >= 0.3 is 0 Å². The molecular weight excluding hydrogens is 247 g/mol. The van der Waals surface area contributed by atoms with Crippen molar-refractivity contribution >= 4 is 5.69 Å². The molecule has 0 radical (unpaired) electrons. The lowest BCUT2D eigenvalue weighted by molar-refractivity contribution is -0.385. The molecule has 0 spiro atoms. The quantitative estimate of drug-likeness (QED) is 0.664. The van der Waals surface area contributed by atoms with Crippen molar-refractivity contribution in [3.8, 4) is 0 Å². The molecule has 5 heteroatoms.